The van der Waals surface area contributed by atoms with Crippen LogP contribution in [0.25, 0.3) is 0 Å². The first-order valence-electron chi connectivity index (χ1n) is 9.54. The number of hydrogen-bond acceptors (Lipinski definition) is 4. The van der Waals surface area contributed by atoms with Gasteiger partial charge in [-0.2, -0.15) is 0 Å². The summed E-state index contributed by atoms with van der Waals surface area (Å²) in [6, 6.07) is 10.2. The van der Waals surface area contributed by atoms with Crippen molar-refractivity contribution in [1.29, 1.82) is 0 Å². The maximum absolute atomic E-state index is 13.6. The Hall–Kier alpha value is -2.05. The SMILES string of the molecule is CCc1ccc2c(c1)CCC(C1CC1)N2S(=O)(=O)c1ccc(O)c(CO)c1. The molecule has 2 aromatic rings. The molecule has 0 saturated heterocycles. The summed E-state index contributed by atoms with van der Waals surface area (Å²) in [4.78, 5) is 0.113. The number of hydrogen-bond donors (Lipinski definition) is 2. The number of aliphatic hydroxyl groups is 1. The van der Waals surface area contributed by atoms with Gasteiger partial charge < -0.3 is 10.2 Å². The summed E-state index contributed by atoms with van der Waals surface area (Å²) in [5.74, 6) is 0.315. The Balaban J connectivity index is 1.83. The smallest absolute Gasteiger partial charge is 0.264 e. The predicted molar refractivity (Wildman–Crippen MR) is 104 cm³/mol. The number of rotatable bonds is 5. The molecule has 2 aromatic carbocycles. The summed E-state index contributed by atoms with van der Waals surface area (Å²) in [7, 11) is -3.79. The average molecular weight is 388 g/mol. The Labute approximate surface area is 160 Å². The van der Waals surface area contributed by atoms with Gasteiger partial charge in [-0.15, -0.1) is 0 Å². The van der Waals surface area contributed by atoms with Gasteiger partial charge in [0.15, 0.2) is 0 Å². The van der Waals surface area contributed by atoms with Gasteiger partial charge in [0.2, 0.25) is 0 Å². The lowest BCUT2D eigenvalue weighted by atomic mass is 9.93. The molecule has 1 unspecified atom stereocenters. The number of aliphatic hydroxyl groups excluding tert-OH is 1. The third-order valence-corrected chi connectivity index (χ3v) is 7.58. The quantitative estimate of drug-likeness (QED) is 0.825. The van der Waals surface area contributed by atoms with Gasteiger partial charge in [0, 0.05) is 11.6 Å². The summed E-state index contributed by atoms with van der Waals surface area (Å²) < 4.78 is 28.8. The number of nitrogens with zero attached hydrogens (tertiary/aromatic N) is 1. The topological polar surface area (TPSA) is 77.8 Å². The standard InChI is InChI=1S/C21H25NO4S/c1-2-14-3-8-20-16(11-14)6-9-19(15-4-5-15)22(20)27(25,26)18-7-10-21(24)17(12-18)13-23/h3,7-8,10-12,15,19,23-24H,2,4-6,9,13H2,1H3. The van der Waals surface area contributed by atoms with Gasteiger partial charge >= 0.3 is 0 Å². The maximum atomic E-state index is 13.6. The highest BCUT2D eigenvalue weighted by molar-refractivity contribution is 7.92. The van der Waals surface area contributed by atoms with Crippen molar-refractivity contribution in [2.24, 2.45) is 5.92 Å². The van der Waals surface area contributed by atoms with Crippen molar-refractivity contribution in [2.75, 3.05) is 4.31 Å². The fourth-order valence-electron chi connectivity index (χ4n) is 4.05. The van der Waals surface area contributed by atoms with E-state index in [9.17, 15) is 18.6 Å². The van der Waals surface area contributed by atoms with Crippen LogP contribution in [-0.4, -0.2) is 24.7 Å². The van der Waals surface area contributed by atoms with Gasteiger partial charge in [-0.25, -0.2) is 8.42 Å². The molecule has 0 aromatic heterocycles. The highest BCUT2D eigenvalue weighted by Crippen LogP contribution is 2.45. The van der Waals surface area contributed by atoms with Crippen molar-refractivity contribution < 1.29 is 18.6 Å². The molecule has 0 bridgehead atoms. The molecular weight excluding hydrogens is 362 g/mol. The molecule has 2 aliphatic rings. The minimum Gasteiger partial charge on any atom is -0.508 e. The molecule has 27 heavy (non-hydrogen) atoms. The van der Waals surface area contributed by atoms with Gasteiger partial charge in [-0.05, 0) is 73.4 Å². The maximum Gasteiger partial charge on any atom is 0.264 e. The molecule has 1 aliphatic heterocycles. The first-order chi connectivity index (χ1) is 13.0. The second kappa shape index (κ2) is 6.84. The van der Waals surface area contributed by atoms with Crippen LogP contribution in [0.5, 0.6) is 5.75 Å². The van der Waals surface area contributed by atoms with Gasteiger partial charge in [-0.1, -0.05) is 19.1 Å². The summed E-state index contributed by atoms with van der Waals surface area (Å²) in [5.41, 5.74) is 3.28. The van der Waals surface area contributed by atoms with E-state index in [4.69, 9.17) is 0 Å². The van der Waals surface area contributed by atoms with E-state index in [-0.39, 0.29) is 22.3 Å². The Kier molecular flexibility index (Phi) is 4.64. The summed E-state index contributed by atoms with van der Waals surface area (Å²) in [6.07, 6.45) is 4.78. The highest BCUT2D eigenvalue weighted by Gasteiger charge is 2.43. The predicted octanol–water partition coefficient (Wildman–Crippen LogP) is 3.37. The molecule has 1 atom stereocenters. The van der Waals surface area contributed by atoms with Crippen LogP contribution in [0.4, 0.5) is 5.69 Å². The van der Waals surface area contributed by atoms with E-state index in [0.717, 1.165) is 43.4 Å². The van der Waals surface area contributed by atoms with E-state index in [0.29, 0.717) is 5.92 Å². The van der Waals surface area contributed by atoms with Crippen LogP contribution in [0, 0.1) is 5.92 Å². The summed E-state index contributed by atoms with van der Waals surface area (Å²) >= 11 is 0. The molecule has 1 saturated carbocycles. The normalized spacial score (nSPS) is 19.8. The van der Waals surface area contributed by atoms with Crippen LogP contribution < -0.4 is 4.31 Å². The fourth-order valence-corrected chi connectivity index (χ4v) is 5.88. The fraction of sp³-hybridized carbons (Fsp3) is 0.429. The number of aromatic hydroxyl groups is 1. The van der Waals surface area contributed by atoms with Gasteiger partial charge in [0.05, 0.1) is 17.2 Å². The third kappa shape index (κ3) is 3.21. The van der Waals surface area contributed by atoms with Crippen molar-refractivity contribution in [3.63, 3.8) is 0 Å². The first kappa shape index (κ1) is 18.3. The lowest BCUT2D eigenvalue weighted by molar-refractivity contribution is 0.275. The molecule has 2 N–H and O–H groups in total. The largest absolute Gasteiger partial charge is 0.508 e. The van der Waals surface area contributed by atoms with E-state index in [1.807, 2.05) is 12.1 Å². The number of fused-ring (bicyclic) bond motifs is 1. The molecule has 1 aliphatic carbocycles. The molecule has 1 fully saturated rings. The minimum absolute atomic E-state index is 0.0265. The molecule has 5 nitrogen and oxygen atoms in total. The van der Waals surface area contributed by atoms with E-state index in [1.54, 1.807) is 4.31 Å². The molecule has 6 heteroatoms. The molecule has 4 rings (SSSR count). The zero-order valence-electron chi connectivity index (χ0n) is 15.4. The minimum atomic E-state index is -3.79. The number of sulfonamides is 1. The molecule has 144 valence electrons. The lowest BCUT2D eigenvalue weighted by Gasteiger charge is -2.38. The van der Waals surface area contributed by atoms with E-state index < -0.39 is 16.6 Å². The van der Waals surface area contributed by atoms with Crippen molar-refractivity contribution in [3.8, 4) is 5.75 Å². The Morgan fingerprint density at radius 3 is 2.56 bits per heavy atom. The highest BCUT2D eigenvalue weighted by atomic mass is 32.2. The van der Waals surface area contributed by atoms with Crippen LogP contribution in [0.1, 0.15) is 42.9 Å². The monoisotopic (exact) mass is 387 g/mol. The number of benzene rings is 2. The van der Waals surface area contributed by atoms with E-state index in [1.165, 1.54) is 23.8 Å². The zero-order valence-corrected chi connectivity index (χ0v) is 16.2. The van der Waals surface area contributed by atoms with Crippen LogP contribution in [0.2, 0.25) is 0 Å². The number of phenols is 1. The zero-order chi connectivity index (χ0) is 19.2. The second-order valence-electron chi connectivity index (χ2n) is 7.51. The summed E-state index contributed by atoms with van der Waals surface area (Å²) in [5, 5.41) is 19.2. The van der Waals surface area contributed by atoms with Gasteiger partial charge in [0.1, 0.15) is 5.75 Å². The molecule has 0 spiro atoms. The average Bonchev–Trinajstić information content (AvgIpc) is 3.51. The Morgan fingerprint density at radius 2 is 1.89 bits per heavy atom. The molecule has 0 amide bonds. The van der Waals surface area contributed by atoms with Gasteiger partial charge in [0.25, 0.3) is 10.0 Å². The first-order valence-corrected chi connectivity index (χ1v) is 11.0. The Morgan fingerprint density at radius 1 is 1.11 bits per heavy atom. The van der Waals surface area contributed by atoms with Crippen LogP contribution >= 0.6 is 0 Å². The lowest BCUT2D eigenvalue weighted by Crippen LogP contribution is -2.45. The molecule has 1 heterocycles. The summed E-state index contributed by atoms with van der Waals surface area (Å²) in [6.45, 7) is 1.69. The number of aryl methyl sites for hydroxylation is 2. The Bertz CT molecular complexity index is 966. The molecule has 0 radical (unpaired) electrons. The van der Waals surface area contributed by atoms with Crippen molar-refractivity contribution in [2.45, 2.75) is 56.6 Å². The second-order valence-corrected chi connectivity index (χ2v) is 9.32. The van der Waals surface area contributed by atoms with Crippen molar-refractivity contribution >= 4 is 15.7 Å². The third-order valence-electron chi connectivity index (χ3n) is 5.74. The van der Waals surface area contributed by atoms with Crippen LogP contribution in [0.15, 0.2) is 41.3 Å². The van der Waals surface area contributed by atoms with Gasteiger partial charge in [-0.3, -0.25) is 4.31 Å². The van der Waals surface area contributed by atoms with Crippen molar-refractivity contribution in [3.05, 3.63) is 53.1 Å². The van der Waals surface area contributed by atoms with Crippen LogP contribution in [-0.2, 0) is 29.5 Å². The van der Waals surface area contributed by atoms with E-state index >= 15 is 0 Å². The molecular formula is C21H25NO4S. The van der Waals surface area contributed by atoms with E-state index in [2.05, 4.69) is 13.0 Å². The van der Waals surface area contributed by atoms with Crippen LogP contribution in [0.3, 0.4) is 0 Å². The number of anilines is 1. The van der Waals surface area contributed by atoms with Crippen molar-refractivity contribution in [1.82, 2.24) is 0 Å².